The largest absolute Gasteiger partial charge is 0.326 e. The van der Waals surface area contributed by atoms with Crippen LogP contribution in [0, 0.1) is 0 Å². The van der Waals surface area contributed by atoms with Gasteiger partial charge in [0.2, 0.25) is 11.8 Å². The number of carbonyl (C=O) groups excluding carboxylic acids is 2. The molecule has 1 fully saturated rings. The molecule has 1 heterocycles. The van der Waals surface area contributed by atoms with Crippen molar-refractivity contribution in [3.63, 3.8) is 0 Å². The molecule has 5 heteroatoms. The number of amides is 2. The fourth-order valence-corrected chi connectivity index (χ4v) is 5.39. The Hall–Kier alpha value is -3.05. The Balaban J connectivity index is 1.58. The van der Waals surface area contributed by atoms with Gasteiger partial charge >= 0.3 is 0 Å². The highest BCUT2D eigenvalue weighted by Gasteiger charge is 2.35. The van der Waals surface area contributed by atoms with E-state index in [-0.39, 0.29) is 23.1 Å². The molecule has 0 bridgehead atoms. The molecule has 3 aromatic rings. The molecule has 32 heavy (non-hydrogen) atoms. The first-order valence-electron chi connectivity index (χ1n) is 11.1. The predicted octanol–water partition coefficient (Wildman–Crippen LogP) is 6.16. The van der Waals surface area contributed by atoms with Crippen molar-refractivity contribution in [1.29, 1.82) is 0 Å². The number of rotatable bonds is 7. The first-order valence-corrected chi connectivity index (χ1v) is 12.1. The molecule has 0 aliphatic carbocycles. The molecular formula is C27H28N2O2S. The Kier molecular flexibility index (Phi) is 6.96. The van der Waals surface area contributed by atoms with E-state index in [0.29, 0.717) is 5.75 Å². The van der Waals surface area contributed by atoms with Gasteiger partial charge in [-0.2, -0.15) is 0 Å². The minimum atomic E-state index is -0.199. The maximum atomic E-state index is 13.0. The van der Waals surface area contributed by atoms with Crippen molar-refractivity contribution in [2.24, 2.45) is 0 Å². The topological polar surface area (TPSA) is 49.4 Å². The van der Waals surface area contributed by atoms with Crippen molar-refractivity contribution < 1.29 is 9.59 Å². The number of thioether (sulfide) groups is 1. The third kappa shape index (κ3) is 4.58. The van der Waals surface area contributed by atoms with Crippen molar-refractivity contribution in [1.82, 2.24) is 0 Å². The van der Waals surface area contributed by atoms with Crippen molar-refractivity contribution in [2.45, 2.75) is 38.0 Å². The smallest absolute Gasteiger partial charge is 0.238 e. The molecule has 1 aliphatic rings. The predicted molar refractivity (Wildman–Crippen MR) is 133 cm³/mol. The molecule has 0 aromatic heterocycles. The molecule has 0 radical (unpaired) electrons. The summed E-state index contributed by atoms with van der Waals surface area (Å²) in [5, 5.41) is 2.98. The standard InChI is InChI=1S/C27H28N2O2S/c1-3-19-11-8-9-16-24(19)29-25(30)18-32-27(29)21-14-10-15-22(17-21)28-26(31)23(4-2)20-12-6-5-7-13-20/h5-17,23,27H,3-4,18H2,1-2H3,(H,28,31)/t23-,27+/m0/s1. The minimum Gasteiger partial charge on any atom is -0.326 e. The quantitative estimate of drug-likeness (QED) is 0.475. The summed E-state index contributed by atoms with van der Waals surface area (Å²) < 4.78 is 0. The van der Waals surface area contributed by atoms with E-state index in [1.165, 1.54) is 0 Å². The number of carbonyl (C=O) groups is 2. The highest BCUT2D eigenvalue weighted by atomic mass is 32.2. The number of aryl methyl sites for hydroxylation is 1. The number of hydrogen-bond donors (Lipinski definition) is 1. The van der Waals surface area contributed by atoms with E-state index in [1.54, 1.807) is 11.8 Å². The number of benzene rings is 3. The van der Waals surface area contributed by atoms with E-state index in [2.05, 4.69) is 18.3 Å². The Morgan fingerprint density at radius 2 is 1.78 bits per heavy atom. The summed E-state index contributed by atoms with van der Waals surface area (Å²) >= 11 is 1.62. The molecule has 2 amide bonds. The first kappa shape index (κ1) is 22.2. The second-order valence-corrected chi connectivity index (χ2v) is 8.96. The number of anilines is 2. The van der Waals surface area contributed by atoms with E-state index in [0.717, 1.165) is 40.9 Å². The van der Waals surface area contributed by atoms with Crippen molar-refractivity contribution in [3.05, 3.63) is 95.6 Å². The molecule has 3 aromatic carbocycles. The number of hydrogen-bond acceptors (Lipinski definition) is 3. The van der Waals surface area contributed by atoms with Crippen LogP contribution in [0.5, 0.6) is 0 Å². The number of nitrogens with one attached hydrogen (secondary N) is 1. The van der Waals surface area contributed by atoms with Crippen LogP contribution >= 0.6 is 11.8 Å². The van der Waals surface area contributed by atoms with Crippen LogP contribution in [0.1, 0.15) is 48.3 Å². The van der Waals surface area contributed by atoms with Gasteiger partial charge in [-0.3, -0.25) is 14.5 Å². The third-order valence-electron chi connectivity index (χ3n) is 5.87. The van der Waals surface area contributed by atoms with Crippen LogP contribution in [-0.4, -0.2) is 17.6 Å². The van der Waals surface area contributed by atoms with Gasteiger partial charge in [0, 0.05) is 11.4 Å². The molecule has 4 rings (SSSR count). The Bertz CT molecular complexity index is 1100. The average molecular weight is 445 g/mol. The van der Waals surface area contributed by atoms with E-state index in [9.17, 15) is 9.59 Å². The van der Waals surface area contributed by atoms with Crippen LogP contribution in [0.25, 0.3) is 0 Å². The molecular weight excluding hydrogens is 416 g/mol. The van der Waals surface area contributed by atoms with E-state index >= 15 is 0 Å². The lowest BCUT2D eigenvalue weighted by Gasteiger charge is -2.27. The van der Waals surface area contributed by atoms with Gasteiger partial charge in [0.05, 0.1) is 11.7 Å². The first-order chi connectivity index (χ1) is 15.6. The maximum Gasteiger partial charge on any atom is 0.238 e. The van der Waals surface area contributed by atoms with E-state index in [1.807, 2.05) is 84.6 Å². The molecule has 0 spiro atoms. The minimum absolute atomic E-state index is 0.0146. The summed E-state index contributed by atoms with van der Waals surface area (Å²) in [4.78, 5) is 27.7. The average Bonchev–Trinajstić information content (AvgIpc) is 3.21. The molecule has 1 saturated heterocycles. The van der Waals surface area contributed by atoms with Crippen LogP contribution in [0.4, 0.5) is 11.4 Å². The summed E-state index contributed by atoms with van der Waals surface area (Å²) in [7, 11) is 0. The lowest BCUT2D eigenvalue weighted by molar-refractivity contribution is -0.118. The summed E-state index contributed by atoms with van der Waals surface area (Å²) in [5.41, 5.74) is 4.91. The van der Waals surface area contributed by atoms with Gasteiger partial charge in [0.25, 0.3) is 0 Å². The van der Waals surface area contributed by atoms with Crippen LogP contribution < -0.4 is 10.2 Å². The van der Waals surface area contributed by atoms with Crippen LogP contribution in [-0.2, 0) is 16.0 Å². The van der Waals surface area contributed by atoms with Crippen molar-refractivity contribution >= 4 is 35.0 Å². The van der Waals surface area contributed by atoms with Crippen molar-refractivity contribution in [3.8, 4) is 0 Å². The zero-order valence-corrected chi connectivity index (χ0v) is 19.3. The van der Waals surface area contributed by atoms with Gasteiger partial charge in [-0.15, -0.1) is 11.8 Å². The summed E-state index contributed by atoms with van der Waals surface area (Å²) in [6.45, 7) is 4.13. The summed E-state index contributed by atoms with van der Waals surface area (Å²) in [6, 6.07) is 25.8. The van der Waals surface area contributed by atoms with E-state index in [4.69, 9.17) is 0 Å². The van der Waals surface area contributed by atoms with Gasteiger partial charge in [0.15, 0.2) is 0 Å². The van der Waals surface area contributed by atoms with Gasteiger partial charge in [0.1, 0.15) is 5.37 Å². The molecule has 4 nitrogen and oxygen atoms in total. The monoisotopic (exact) mass is 444 g/mol. The maximum absolute atomic E-state index is 13.0. The third-order valence-corrected chi connectivity index (χ3v) is 7.08. The summed E-state index contributed by atoms with van der Waals surface area (Å²) in [6.07, 6.45) is 1.59. The molecule has 0 unspecified atom stereocenters. The van der Waals surface area contributed by atoms with Crippen LogP contribution in [0.2, 0.25) is 0 Å². The SMILES string of the molecule is CCc1ccccc1N1C(=O)CS[C@@H]1c1cccc(NC(=O)[C@@H](CC)c2ccccc2)c1. The number of nitrogens with zero attached hydrogens (tertiary/aromatic N) is 1. The van der Waals surface area contributed by atoms with Gasteiger partial charge in [-0.05, 0) is 47.7 Å². The Morgan fingerprint density at radius 3 is 2.53 bits per heavy atom. The lowest BCUT2D eigenvalue weighted by Crippen LogP contribution is -2.28. The lowest BCUT2D eigenvalue weighted by atomic mass is 9.95. The van der Waals surface area contributed by atoms with Gasteiger partial charge < -0.3 is 5.32 Å². The number of para-hydroxylation sites is 1. The molecule has 164 valence electrons. The molecule has 1 aliphatic heterocycles. The molecule has 0 saturated carbocycles. The Morgan fingerprint density at radius 1 is 1.03 bits per heavy atom. The summed E-state index contributed by atoms with van der Waals surface area (Å²) in [5.74, 6) is 0.352. The zero-order chi connectivity index (χ0) is 22.5. The van der Waals surface area contributed by atoms with Crippen molar-refractivity contribution in [2.75, 3.05) is 16.0 Å². The fraction of sp³-hybridized carbons (Fsp3) is 0.259. The highest BCUT2D eigenvalue weighted by molar-refractivity contribution is 8.00. The van der Waals surface area contributed by atoms with Gasteiger partial charge in [-0.1, -0.05) is 74.5 Å². The zero-order valence-electron chi connectivity index (χ0n) is 18.5. The normalized spacial score (nSPS) is 16.8. The molecule has 1 N–H and O–H groups in total. The second-order valence-electron chi connectivity index (χ2n) is 7.90. The van der Waals surface area contributed by atoms with Gasteiger partial charge in [-0.25, -0.2) is 0 Å². The molecule has 2 atom stereocenters. The van der Waals surface area contributed by atoms with Crippen LogP contribution in [0.15, 0.2) is 78.9 Å². The Labute approximate surface area is 194 Å². The highest BCUT2D eigenvalue weighted by Crippen LogP contribution is 2.43. The van der Waals surface area contributed by atoms with Crippen LogP contribution in [0.3, 0.4) is 0 Å². The van der Waals surface area contributed by atoms with E-state index < -0.39 is 0 Å². The second kappa shape index (κ2) is 10.0. The fourth-order valence-electron chi connectivity index (χ4n) is 4.23.